The molecule has 5 heteroatoms. The average molecular weight is 279 g/mol. The Kier molecular flexibility index (Phi) is 4.47. The molecule has 0 bridgehead atoms. The number of carbonyl (C=O) groups excluding carboxylic acids is 1. The van der Waals surface area contributed by atoms with Gasteiger partial charge < -0.3 is 10.0 Å². The van der Waals surface area contributed by atoms with Crippen LogP contribution in [0.2, 0.25) is 0 Å². The van der Waals surface area contributed by atoms with Crippen LogP contribution in [0.4, 0.5) is 0 Å². The third-order valence-electron chi connectivity index (χ3n) is 3.13. The van der Waals surface area contributed by atoms with Crippen LogP contribution < -0.4 is 0 Å². The molecule has 1 aromatic rings. The number of benzene rings is 1. The number of carboxylic acid groups (broad SMARTS) is 1. The lowest BCUT2D eigenvalue weighted by molar-refractivity contribution is -0.136. The highest BCUT2D eigenvalue weighted by atomic mass is 32.2. The van der Waals surface area contributed by atoms with Crippen LogP contribution in [0.5, 0.6) is 0 Å². The van der Waals surface area contributed by atoms with Crippen LogP contribution in [-0.4, -0.2) is 40.7 Å². The van der Waals surface area contributed by atoms with Crippen molar-refractivity contribution in [3.63, 3.8) is 0 Å². The number of amides is 1. The molecule has 1 aliphatic carbocycles. The van der Waals surface area contributed by atoms with Crippen LogP contribution >= 0.6 is 11.8 Å². The molecule has 2 rings (SSSR count). The molecule has 0 atom stereocenters. The zero-order valence-electron chi connectivity index (χ0n) is 10.8. The smallest absolute Gasteiger partial charge is 0.307 e. The zero-order chi connectivity index (χ0) is 13.8. The summed E-state index contributed by atoms with van der Waals surface area (Å²) in [5, 5.41) is 8.68. The molecular weight excluding hydrogens is 262 g/mol. The van der Waals surface area contributed by atoms with Crippen molar-refractivity contribution in [3.05, 3.63) is 29.8 Å². The Bertz CT molecular complexity index is 468. The van der Waals surface area contributed by atoms with Gasteiger partial charge in [0, 0.05) is 18.0 Å². The van der Waals surface area contributed by atoms with Crippen LogP contribution in [0, 0.1) is 0 Å². The summed E-state index contributed by atoms with van der Waals surface area (Å²) in [6.45, 7) is 0. The predicted octanol–water partition coefficient (Wildman–Crippen LogP) is 2.03. The Morgan fingerprint density at radius 1 is 1.32 bits per heavy atom. The first-order chi connectivity index (χ1) is 9.06. The molecule has 4 nitrogen and oxygen atoms in total. The number of carboxylic acids is 1. The van der Waals surface area contributed by atoms with Gasteiger partial charge in [-0.3, -0.25) is 9.59 Å². The predicted molar refractivity (Wildman–Crippen MR) is 74.3 cm³/mol. The first-order valence-electron chi connectivity index (χ1n) is 6.25. The van der Waals surface area contributed by atoms with Gasteiger partial charge in [-0.05, 0) is 30.5 Å². The van der Waals surface area contributed by atoms with Crippen molar-refractivity contribution in [2.75, 3.05) is 12.8 Å². The van der Waals surface area contributed by atoms with Gasteiger partial charge in [0.25, 0.3) is 0 Å². The molecule has 1 aromatic carbocycles. The maximum Gasteiger partial charge on any atom is 0.307 e. The van der Waals surface area contributed by atoms with E-state index in [2.05, 4.69) is 0 Å². The van der Waals surface area contributed by atoms with E-state index in [9.17, 15) is 9.59 Å². The third kappa shape index (κ3) is 4.28. The summed E-state index contributed by atoms with van der Waals surface area (Å²) in [5.74, 6) is -0.241. The fraction of sp³-hybridized carbons (Fsp3) is 0.429. The first kappa shape index (κ1) is 13.9. The van der Waals surface area contributed by atoms with Gasteiger partial charge in [-0.15, -0.1) is 11.8 Å². The van der Waals surface area contributed by atoms with Crippen molar-refractivity contribution in [1.29, 1.82) is 0 Å². The zero-order valence-corrected chi connectivity index (χ0v) is 11.7. The topological polar surface area (TPSA) is 57.6 Å². The van der Waals surface area contributed by atoms with E-state index in [4.69, 9.17) is 5.11 Å². The van der Waals surface area contributed by atoms with Crippen molar-refractivity contribution in [3.8, 4) is 0 Å². The minimum atomic E-state index is -0.832. The quantitative estimate of drug-likeness (QED) is 0.809. The van der Waals surface area contributed by atoms with Gasteiger partial charge in [-0.1, -0.05) is 12.1 Å². The highest BCUT2D eigenvalue weighted by molar-refractivity contribution is 8.00. The Labute approximate surface area is 116 Å². The van der Waals surface area contributed by atoms with Crippen molar-refractivity contribution in [2.24, 2.45) is 0 Å². The minimum absolute atomic E-state index is 0.0360. The van der Waals surface area contributed by atoms with E-state index >= 15 is 0 Å². The van der Waals surface area contributed by atoms with Crippen molar-refractivity contribution < 1.29 is 14.7 Å². The van der Waals surface area contributed by atoms with Crippen molar-refractivity contribution in [1.82, 2.24) is 4.90 Å². The fourth-order valence-electron chi connectivity index (χ4n) is 1.79. The molecule has 0 aliphatic heterocycles. The molecule has 102 valence electrons. The Balaban J connectivity index is 1.82. The van der Waals surface area contributed by atoms with Crippen LogP contribution in [0.1, 0.15) is 18.4 Å². The van der Waals surface area contributed by atoms with E-state index in [1.807, 2.05) is 24.1 Å². The van der Waals surface area contributed by atoms with E-state index in [1.54, 1.807) is 12.1 Å². The van der Waals surface area contributed by atoms with E-state index < -0.39 is 5.97 Å². The number of rotatable bonds is 6. The SMILES string of the molecule is CN(C(=O)CSc1ccc(CC(=O)O)cc1)C1CC1. The number of aliphatic carboxylic acids is 1. The summed E-state index contributed by atoms with van der Waals surface area (Å²) in [6.07, 6.45) is 2.28. The number of hydrogen-bond donors (Lipinski definition) is 1. The van der Waals surface area contributed by atoms with Crippen LogP contribution in [0.25, 0.3) is 0 Å². The number of hydrogen-bond acceptors (Lipinski definition) is 3. The van der Waals surface area contributed by atoms with Crippen LogP contribution in [0.3, 0.4) is 0 Å². The van der Waals surface area contributed by atoms with E-state index in [0.29, 0.717) is 11.8 Å². The summed E-state index contributed by atoms with van der Waals surface area (Å²) in [7, 11) is 1.86. The maximum atomic E-state index is 11.8. The number of thioether (sulfide) groups is 1. The lowest BCUT2D eigenvalue weighted by Crippen LogP contribution is -2.30. The van der Waals surface area contributed by atoms with Gasteiger partial charge in [-0.2, -0.15) is 0 Å². The largest absolute Gasteiger partial charge is 0.481 e. The summed E-state index contributed by atoms with van der Waals surface area (Å²) in [5.41, 5.74) is 0.776. The molecule has 0 unspecified atom stereocenters. The molecule has 0 heterocycles. The van der Waals surface area contributed by atoms with Gasteiger partial charge in [0.15, 0.2) is 0 Å². The van der Waals surface area contributed by atoms with Gasteiger partial charge >= 0.3 is 5.97 Å². The van der Waals surface area contributed by atoms with E-state index in [-0.39, 0.29) is 12.3 Å². The molecule has 1 saturated carbocycles. The molecule has 1 fully saturated rings. The van der Waals surface area contributed by atoms with Crippen LogP contribution in [0.15, 0.2) is 29.2 Å². The highest BCUT2D eigenvalue weighted by Crippen LogP contribution is 2.27. The van der Waals surface area contributed by atoms with Gasteiger partial charge in [0.2, 0.25) is 5.91 Å². The monoisotopic (exact) mass is 279 g/mol. The molecule has 0 saturated heterocycles. The standard InChI is InChI=1S/C14H17NO3S/c1-15(11-4-5-11)13(16)9-19-12-6-2-10(3-7-12)8-14(17)18/h2-3,6-7,11H,4-5,8-9H2,1H3,(H,17,18). The summed E-state index contributed by atoms with van der Waals surface area (Å²) < 4.78 is 0. The second kappa shape index (κ2) is 6.10. The first-order valence-corrected chi connectivity index (χ1v) is 7.24. The van der Waals surface area contributed by atoms with Gasteiger partial charge in [0.05, 0.1) is 12.2 Å². The molecule has 1 amide bonds. The van der Waals surface area contributed by atoms with E-state index in [1.165, 1.54) is 11.8 Å². The van der Waals surface area contributed by atoms with Gasteiger partial charge in [0.1, 0.15) is 0 Å². The Hall–Kier alpha value is -1.49. The second-order valence-corrected chi connectivity index (χ2v) is 5.79. The number of carbonyl (C=O) groups is 2. The second-order valence-electron chi connectivity index (χ2n) is 4.74. The molecule has 0 aromatic heterocycles. The Morgan fingerprint density at radius 3 is 2.47 bits per heavy atom. The van der Waals surface area contributed by atoms with Gasteiger partial charge in [-0.25, -0.2) is 0 Å². The minimum Gasteiger partial charge on any atom is -0.481 e. The molecule has 1 N–H and O–H groups in total. The third-order valence-corrected chi connectivity index (χ3v) is 4.13. The van der Waals surface area contributed by atoms with Crippen molar-refractivity contribution in [2.45, 2.75) is 30.2 Å². The van der Waals surface area contributed by atoms with E-state index in [0.717, 1.165) is 23.3 Å². The highest BCUT2D eigenvalue weighted by Gasteiger charge is 2.29. The molecule has 1 aliphatic rings. The summed E-state index contributed by atoms with van der Waals surface area (Å²) >= 11 is 1.49. The summed E-state index contributed by atoms with van der Waals surface area (Å²) in [4.78, 5) is 25.2. The fourth-order valence-corrected chi connectivity index (χ4v) is 2.61. The summed E-state index contributed by atoms with van der Waals surface area (Å²) in [6, 6.07) is 7.78. The van der Waals surface area contributed by atoms with Crippen molar-refractivity contribution >= 4 is 23.6 Å². The molecular formula is C14H17NO3S. The molecule has 0 spiro atoms. The lowest BCUT2D eigenvalue weighted by Gasteiger charge is -2.15. The lowest BCUT2D eigenvalue weighted by atomic mass is 10.2. The molecule has 19 heavy (non-hydrogen) atoms. The normalized spacial score (nSPS) is 14.2. The number of nitrogens with zero attached hydrogens (tertiary/aromatic N) is 1. The van der Waals surface area contributed by atoms with Crippen LogP contribution in [-0.2, 0) is 16.0 Å². The molecule has 0 radical (unpaired) electrons. The maximum absolute atomic E-state index is 11.8. The Morgan fingerprint density at radius 2 is 1.95 bits per heavy atom. The average Bonchev–Trinajstić information content (AvgIpc) is 3.20.